The average molecular weight is 320 g/mol. The maximum atomic E-state index is 11.5. The molecule has 0 aliphatic rings. The summed E-state index contributed by atoms with van der Waals surface area (Å²) in [5.41, 5.74) is 0.692. The van der Waals surface area contributed by atoms with Crippen molar-refractivity contribution >= 4 is 26.0 Å². The van der Waals surface area contributed by atoms with E-state index in [1.54, 1.807) is 26.0 Å². The summed E-state index contributed by atoms with van der Waals surface area (Å²) in [6.07, 6.45) is 1.28. The van der Waals surface area contributed by atoms with Gasteiger partial charge < -0.3 is 4.74 Å². The van der Waals surface area contributed by atoms with Crippen LogP contribution in [0.25, 0.3) is 0 Å². The van der Waals surface area contributed by atoms with Crippen molar-refractivity contribution in [3.8, 4) is 5.75 Å². The summed E-state index contributed by atoms with van der Waals surface area (Å²) in [5, 5.41) is 5.16. The summed E-state index contributed by atoms with van der Waals surface area (Å²) >= 11 is 3.23. The van der Waals surface area contributed by atoms with Crippen LogP contribution in [0.5, 0.6) is 5.75 Å². The predicted octanol–water partition coefficient (Wildman–Crippen LogP) is 2.36. The second kappa shape index (κ2) is 5.20. The molecule has 0 aliphatic heterocycles. The van der Waals surface area contributed by atoms with Crippen LogP contribution in [0.2, 0.25) is 0 Å². The zero-order chi connectivity index (χ0) is 13.2. The van der Waals surface area contributed by atoms with Crippen LogP contribution >= 0.6 is 15.9 Å². The molecule has 1 aromatic carbocycles. The van der Waals surface area contributed by atoms with Crippen LogP contribution in [-0.2, 0) is 10.0 Å². The molecule has 0 amide bonds. The van der Waals surface area contributed by atoms with E-state index in [0.717, 1.165) is 0 Å². The molecule has 0 spiro atoms. The van der Waals surface area contributed by atoms with Gasteiger partial charge in [0.15, 0.2) is 0 Å². The van der Waals surface area contributed by atoms with Crippen molar-refractivity contribution in [3.05, 3.63) is 34.8 Å². The molecule has 0 heterocycles. The highest BCUT2D eigenvalue weighted by molar-refractivity contribution is 9.10. The molecule has 0 saturated carbocycles. The quantitative estimate of drug-likeness (QED) is 0.866. The molecule has 0 aliphatic carbocycles. The number of hydrogen-bond donors (Lipinski definition) is 1. The molecular weight excluding hydrogens is 306 g/mol. The van der Waals surface area contributed by atoms with Crippen LogP contribution in [-0.4, -0.2) is 14.5 Å². The molecule has 0 radical (unpaired) electrons. The number of sulfonamides is 1. The monoisotopic (exact) mass is 319 g/mol. The molecule has 2 N–H and O–H groups in total. The van der Waals surface area contributed by atoms with Gasteiger partial charge in [-0.25, -0.2) is 13.6 Å². The number of nitrogens with two attached hydrogens (primary N) is 1. The highest BCUT2D eigenvalue weighted by Crippen LogP contribution is 2.31. The normalized spacial score (nSPS) is 13.2. The Balaban J connectivity index is 3.41. The molecule has 1 atom stereocenters. The predicted molar refractivity (Wildman–Crippen MR) is 70.5 cm³/mol. The summed E-state index contributed by atoms with van der Waals surface area (Å²) in [4.78, 5) is -0.0296. The lowest BCUT2D eigenvalue weighted by molar-refractivity contribution is 0.261. The molecule has 0 aromatic heterocycles. The minimum Gasteiger partial charge on any atom is -0.485 e. The third-order valence-corrected chi connectivity index (χ3v) is 3.52. The molecule has 4 nitrogen and oxygen atoms in total. The Morgan fingerprint density at radius 3 is 2.59 bits per heavy atom. The number of hydrogen-bond acceptors (Lipinski definition) is 3. The Bertz CT molecular complexity index is 540. The van der Waals surface area contributed by atoms with Crippen LogP contribution in [0.15, 0.2) is 34.2 Å². The average Bonchev–Trinajstić information content (AvgIpc) is 2.19. The molecular formula is C11H14BrNO3S. The van der Waals surface area contributed by atoms with E-state index < -0.39 is 10.0 Å². The third kappa shape index (κ3) is 3.55. The Labute approximate surface area is 110 Å². The number of aryl methyl sites for hydroxylation is 1. The molecule has 94 valence electrons. The van der Waals surface area contributed by atoms with Gasteiger partial charge in [0.2, 0.25) is 10.0 Å². The lowest BCUT2D eigenvalue weighted by Crippen LogP contribution is -2.17. The fourth-order valence-corrected chi connectivity index (χ4v) is 2.78. The van der Waals surface area contributed by atoms with E-state index in [2.05, 4.69) is 22.5 Å². The molecule has 1 aromatic rings. The van der Waals surface area contributed by atoms with E-state index in [9.17, 15) is 8.42 Å². The topological polar surface area (TPSA) is 69.4 Å². The number of ether oxygens (including phenoxy) is 1. The Kier molecular flexibility index (Phi) is 4.35. The van der Waals surface area contributed by atoms with Crippen molar-refractivity contribution in [2.24, 2.45) is 5.14 Å². The number of halogens is 1. The molecule has 0 saturated heterocycles. The highest BCUT2D eigenvalue weighted by atomic mass is 79.9. The van der Waals surface area contributed by atoms with Crippen molar-refractivity contribution in [2.45, 2.75) is 24.8 Å². The smallest absolute Gasteiger partial charge is 0.241 e. The van der Waals surface area contributed by atoms with Gasteiger partial charge in [-0.05, 0) is 31.5 Å². The first-order valence-electron chi connectivity index (χ1n) is 4.88. The number of rotatable bonds is 4. The van der Waals surface area contributed by atoms with Crippen LogP contribution in [0, 0.1) is 6.92 Å². The highest BCUT2D eigenvalue weighted by Gasteiger charge is 2.19. The summed E-state index contributed by atoms with van der Waals surface area (Å²) in [6.45, 7) is 7.10. The maximum Gasteiger partial charge on any atom is 0.241 e. The van der Waals surface area contributed by atoms with E-state index in [1.807, 2.05) is 0 Å². The van der Waals surface area contributed by atoms with Gasteiger partial charge >= 0.3 is 0 Å². The van der Waals surface area contributed by atoms with Gasteiger partial charge in [-0.2, -0.15) is 0 Å². The number of primary sulfonamides is 1. The Hall–Kier alpha value is -0.850. The Morgan fingerprint density at radius 2 is 2.12 bits per heavy atom. The summed E-state index contributed by atoms with van der Waals surface area (Å²) < 4.78 is 29.1. The third-order valence-electron chi connectivity index (χ3n) is 2.15. The van der Waals surface area contributed by atoms with Crippen molar-refractivity contribution in [3.63, 3.8) is 0 Å². The largest absolute Gasteiger partial charge is 0.485 e. The van der Waals surface area contributed by atoms with Crippen molar-refractivity contribution < 1.29 is 13.2 Å². The number of benzene rings is 1. The fraction of sp³-hybridized carbons (Fsp3) is 0.273. The van der Waals surface area contributed by atoms with E-state index in [4.69, 9.17) is 9.88 Å². The van der Waals surface area contributed by atoms with E-state index in [0.29, 0.717) is 10.0 Å². The van der Waals surface area contributed by atoms with Gasteiger partial charge in [-0.15, -0.1) is 0 Å². The summed E-state index contributed by atoms with van der Waals surface area (Å²) in [6, 6.07) is 3.19. The van der Waals surface area contributed by atoms with Gasteiger partial charge in [0, 0.05) is 4.47 Å². The Morgan fingerprint density at radius 1 is 1.53 bits per heavy atom. The van der Waals surface area contributed by atoms with Gasteiger partial charge in [0.1, 0.15) is 16.7 Å². The summed E-state index contributed by atoms with van der Waals surface area (Å²) in [7, 11) is -3.82. The first-order valence-corrected chi connectivity index (χ1v) is 7.21. The van der Waals surface area contributed by atoms with E-state index in [-0.39, 0.29) is 16.7 Å². The van der Waals surface area contributed by atoms with E-state index >= 15 is 0 Å². The van der Waals surface area contributed by atoms with E-state index in [1.165, 1.54) is 6.07 Å². The molecule has 17 heavy (non-hydrogen) atoms. The minimum atomic E-state index is -3.82. The molecule has 6 heteroatoms. The van der Waals surface area contributed by atoms with Gasteiger partial charge in [0.25, 0.3) is 0 Å². The molecule has 1 unspecified atom stereocenters. The summed E-state index contributed by atoms with van der Waals surface area (Å²) in [5.74, 6) is 0.267. The molecule has 0 fully saturated rings. The first-order chi connectivity index (χ1) is 7.75. The lowest BCUT2D eigenvalue weighted by Gasteiger charge is -2.16. The second-order valence-electron chi connectivity index (χ2n) is 3.65. The second-order valence-corrected chi connectivity index (χ2v) is 6.10. The van der Waals surface area contributed by atoms with Gasteiger partial charge in [0.05, 0.1) is 0 Å². The lowest BCUT2D eigenvalue weighted by atomic mass is 10.2. The van der Waals surface area contributed by atoms with Gasteiger partial charge in [-0.3, -0.25) is 0 Å². The first kappa shape index (κ1) is 14.2. The van der Waals surface area contributed by atoms with Crippen molar-refractivity contribution in [1.29, 1.82) is 0 Å². The maximum absolute atomic E-state index is 11.5. The minimum absolute atomic E-state index is 0.0296. The fourth-order valence-electron chi connectivity index (χ4n) is 1.30. The van der Waals surface area contributed by atoms with Crippen LogP contribution < -0.4 is 9.88 Å². The molecule has 0 bridgehead atoms. The van der Waals surface area contributed by atoms with Crippen LogP contribution in [0.4, 0.5) is 0 Å². The standard InChI is InChI=1S/C11H14BrNO3S/c1-4-8(3)16-11-7(2)5-9(12)6-10(11)17(13,14)15/h4-6,8H,1H2,2-3H3,(H2,13,14,15). The van der Waals surface area contributed by atoms with Crippen molar-refractivity contribution in [2.75, 3.05) is 0 Å². The zero-order valence-corrected chi connectivity index (χ0v) is 12.0. The van der Waals surface area contributed by atoms with Gasteiger partial charge in [-0.1, -0.05) is 28.6 Å². The van der Waals surface area contributed by atoms with Crippen molar-refractivity contribution in [1.82, 2.24) is 0 Å². The van der Waals surface area contributed by atoms with Crippen LogP contribution in [0.1, 0.15) is 12.5 Å². The molecule has 1 rings (SSSR count). The van der Waals surface area contributed by atoms with Crippen LogP contribution in [0.3, 0.4) is 0 Å². The zero-order valence-electron chi connectivity index (χ0n) is 9.60. The SMILES string of the molecule is C=CC(C)Oc1c(C)cc(Br)cc1S(N)(=O)=O.